The van der Waals surface area contributed by atoms with Crippen LogP contribution in [0.4, 0.5) is 4.39 Å². The first kappa shape index (κ1) is 10.1. The average molecular weight is 204 g/mol. The lowest BCUT2D eigenvalue weighted by molar-refractivity contribution is 0.530. The maximum atomic E-state index is 12.7. The van der Waals surface area contributed by atoms with Crippen molar-refractivity contribution in [2.24, 2.45) is 5.92 Å². The Hall–Kier alpha value is -1.40. The lowest BCUT2D eigenvalue weighted by Crippen LogP contribution is -2.15. The molecule has 1 heterocycles. The fourth-order valence-corrected chi connectivity index (χ4v) is 2.08. The summed E-state index contributed by atoms with van der Waals surface area (Å²) >= 11 is 0. The van der Waals surface area contributed by atoms with Crippen molar-refractivity contribution in [2.75, 3.05) is 13.1 Å². The second-order valence-electron chi connectivity index (χ2n) is 3.91. The molecule has 78 valence electrons. The monoisotopic (exact) mass is 204 g/mol. The lowest BCUT2D eigenvalue weighted by atomic mass is 9.86. The van der Waals surface area contributed by atoms with E-state index in [0.29, 0.717) is 5.92 Å². The molecular formula is C12H13FN2. The van der Waals surface area contributed by atoms with Gasteiger partial charge in [0.15, 0.2) is 0 Å². The zero-order valence-electron chi connectivity index (χ0n) is 8.41. The highest BCUT2D eigenvalue weighted by Gasteiger charge is 2.25. The SMILES string of the molecule is N#CC(c1ccc(F)cc1)C1CCNC1. The molecular weight excluding hydrogens is 191 g/mol. The predicted octanol–water partition coefficient (Wildman–Crippen LogP) is 2.04. The van der Waals surface area contributed by atoms with E-state index in [1.807, 2.05) is 0 Å². The average Bonchev–Trinajstić information content (AvgIpc) is 2.75. The fraction of sp³-hybridized carbons (Fsp3) is 0.417. The van der Waals surface area contributed by atoms with Crippen molar-refractivity contribution in [3.8, 4) is 6.07 Å². The topological polar surface area (TPSA) is 35.8 Å². The maximum absolute atomic E-state index is 12.7. The minimum atomic E-state index is -0.250. The molecule has 2 atom stereocenters. The van der Waals surface area contributed by atoms with Crippen LogP contribution in [0, 0.1) is 23.1 Å². The predicted molar refractivity (Wildman–Crippen MR) is 55.7 cm³/mol. The van der Waals surface area contributed by atoms with Crippen molar-refractivity contribution in [2.45, 2.75) is 12.3 Å². The van der Waals surface area contributed by atoms with E-state index in [9.17, 15) is 4.39 Å². The Morgan fingerprint density at radius 1 is 1.40 bits per heavy atom. The first-order valence-corrected chi connectivity index (χ1v) is 5.17. The third-order valence-corrected chi connectivity index (χ3v) is 2.94. The molecule has 1 aromatic rings. The van der Waals surface area contributed by atoms with Crippen molar-refractivity contribution < 1.29 is 4.39 Å². The molecule has 2 unspecified atom stereocenters. The molecule has 1 fully saturated rings. The number of hydrogen-bond acceptors (Lipinski definition) is 2. The molecule has 1 aliphatic rings. The molecule has 3 heteroatoms. The van der Waals surface area contributed by atoms with Crippen LogP contribution in [0.25, 0.3) is 0 Å². The highest BCUT2D eigenvalue weighted by Crippen LogP contribution is 2.28. The zero-order valence-corrected chi connectivity index (χ0v) is 8.41. The summed E-state index contributed by atoms with van der Waals surface area (Å²) in [6.07, 6.45) is 1.02. The Morgan fingerprint density at radius 3 is 2.67 bits per heavy atom. The van der Waals surface area contributed by atoms with Crippen molar-refractivity contribution in [3.05, 3.63) is 35.6 Å². The number of rotatable bonds is 2. The molecule has 0 spiro atoms. The van der Waals surface area contributed by atoms with Crippen molar-refractivity contribution in [1.82, 2.24) is 5.32 Å². The van der Waals surface area contributed by atoms with Gasteiger partial charge in [0.05, 0.1) is 12.0 Å². The quantitative estimate of drug-likeness (QED) is 0.800. The van der Waals surface area contributed by atoms with Gasteiger partial charge in [-0.3, -0.25) is 0 Å². The van der Waals surface area contributed by atoms with Gasteiger partial charge in [-0.05, 0) is 43.1 Å². The summed E-state index contributed by atoms with van der Waals surface area (Å²) in [6, 6.07) is 8.57. The molecule has 0 amide bonds. The molecule has 1 saturated heterocycles. The van der Waals surface area contributed by atoms with E-state index >= 15 is 0 Å². The van der Waals surface area contributed by atoms with Crippen LogP contribution in [-0.4, -0.2) is 13.1 Å². The second-order valence-corrected chi connectivity index (χ2v) is 3.91. The molecule has 0 aromatic heterocycles. The molecule has 1 aromatic carbocycles. The molecule has 2 nitrogen and oxygen atoms in total. The zero-order chi connectivity index (χ0) is 10.7. The Labute approximate surface area is 88.7 Å². The first-order valence-electron chi connectivity index (χ1n) is 5.17. The minimum absolute atomic E-state index is 0.111. The van der Waals surface area contributed by atoms with Gasteiger partial charge in [-0.2, -0.15) is 5.26 Å². The van der Waals surface area contributed by atoms with Crippen LogP contribution >= 0.6 is 0 Å². The largest absolute Gasteiger partial charge is 0.316 e. The summed E-state index contributed by atoms with van der Waals surface area (Å²) in [5.74, 6) is 0.000970. The van der Waals surface area contributed by atoms with Gasteiger partial charge >= 0.3 is 0 Å². The lowest BCUT2D eigenvalue weighted by Gasteiger charge is -2.15. The molecule has 0 radical (unpaired) electrons. The molecule has 1 N–H and O–H groups in total. The number of hydrogen-bond donors (Lipinski definition) is 1. The van der Waals surface area contributed by atoms with Gasteiger partial charge < -0.3 is 5.32 Å². The standard InChI is InChI=1S/C12H13FN2/c13-11-3-1-9(2-4-11)12(7-14)10-5-6-15-8-10/h1-4,10,12,15H,5-6,8H2. The van der Waals surface area contributed by atoms with Gasteiger partial charge in [0.25, 0.3) is 0 Å². The van der Waals surface area contributed by atoms with E-state index in [1.54, 1.807) is 12.1 Å². The molecule has 15 heavy (non-hydrogen) atoms. The van der Waals surface area contributed by atoms with E-state index in [-0.39, 0.29) is 11.7 Å². The van der Waals surface area contributed by atoms with Gasteiger partial charge in [-0.25, -0.2) is 4.39 Å². The summed E-state index contributed by atoms with van der Waals surface area (Å²) in [7, 11) is 0. The van der Waals surface area contributed by atoms with Crippen molar-refractivity contribution >= 4 is 0 Å². The van der Waals surface area contributed by atoms with Gasteiger partial charge in [0.2, 0.25) is 0 Å². The number of halogens is 1. The van der Waals surface area contributed by atoms with E-state index in [4.69, 9.17) is 5.26 Å². The first-order chi connectivity index (χ1) is 7.31. The Balaban J connectivity index is 2.19. The highest BCUT2D eigenvalue weighted by molar-refractivity contribution is 5.26. The summed E-state index contributed by atoms with van der Waals surface area (Å²) in [5.41, 5.74) is 0.924. The van der Waals surface area contributed by atoms with Gasteiger partial charge in [0, 0.05) is 0 Å². The van der Waals surface area contributed by atoms with Crippen LogP contribution in [-0.2, 0) is 0 Å². The van der Waals surface area contributed by atoms with Gasteiger partial charge in [-0.1, -0.05) is 12.1 Å². The molecule has 0 bridgehead atoms. The fourth-order valence-electron chi connectivity index (χ4n) is 2.08. The van der Waals surface area contributed by atoms with E-state index in [1.165, 1.54) is 12.1 Å². The van der Waals surface area contributed by atoms with Crippen molar-refractivity contribution in [1.29, 1.82) is 5.26 Å². The maximum Gasteiger partial charge on any atom is 0.123 e. The summed E-state index contributed by atoms with van der Waals surface area (Å²) in [5, 5.41) is 12.4. The van der Waals surface area contributed by atoms with Gasteiger partial charge in [-0.15, -0.1) is 0 Å². The molecule has 0 aliphatic carbocycles. The van der Waals surface area contributed by atoms with Crippen LogP contribution in [0.3, 0.4) is 0 Å². The Kier molecular flexibility index (Phi) is 2.98. The minimum Gasteiger partial charge on any atom is -0.316 e. The van der Waals surface area contributed by atoms with Crippen molar-refractivity contribution in [3.63, 3.8) is 0 Å². The van der Waals surface area contributed by atoms with E-state index in [2.05, 4.69) is 11.4 Å². The Bertz CT molecular complexity index is 360. The smallest absolute Gasteiger partial charge is 0.123 e. The van der Waals surface area contributed by atoms with Crippen LogP contribution < -0.4 is 5.32 Å². The number of nitrogens with zero attached hydrogens (tertiary/aromatic N) is 1. The van der Waals surface area contributed by atoms with E-state index < -0.39 is 0 Å². The normalized spacial score (nSPS) is 22.3. The number of nitrogens with one attached hydrogen (secondary N) is 1. The number of benzene rings is 1. The van der Waals surface area contributed by atoms with Crippen LogP contribution in [0.5, 0.6) is 0 Å². The van der Waals surface area contributed by atoms with Gasteiger partial charge in [0.1, 0.15) is 5.82 Å². The third kappa shape index (κ3) is 2.16. The second kappa shape index (κ2) is 4.41. The van der Waals surface area contributed by atoms with Crippen LogP contribution in [0.15, 0.2) is 24.3 Å². The molecule has 2 rings (SSSR count). The third-order valence-electron chi connectivity index (χ3n) is 2.94. The van der Waals surface area contributed by atoms with Crippen LogP contribution in [0.2, 0.25) is 0 Å². The van der Waals surface area contributed by atoms with E-state index in [0.717, 1.165) is 25.1 Å². The summed E-state index contributed by atoms with van der Waals surface area (Å²) < 4.78 is 12.7. The summed E-state index contributed by atoms with van der Waals surface area (Å²) in [6.45, 7) is 1.86. The van der Waals surface area contributed by atoms with Crippen LogP contribution in [0.1, 0.15) is 17.9 Å². The Morgan fingerprint density at radius 2 is 2.13 bits per heavy atom. The molecule has 1 aliphatic heterocycles. The highest BCUT2D eigenvalue weighted by atomic mass is 19.1. The summed E-state index contributed by atoms with van der Waals surface area (Å²) in [4.78, 5) is 0. The number of nitriles is 1. The molecule has 0 saturated carbocycles.